The van der Waals surface area contributed by atoms with E-state index >= 15 is 0 Å². The fourth-order valence-electron chi connectivity index (χ4n) is 3.13. The standard InChI is InChI=1S/C17H17NO4S/c1-12-10-15-16(22-9-8-21-15)11-17(12)23(19,20)18-7-6-13-4-2-3-5-14(13)18/h2-5,10-11H,6-9H2,1H3. The number of hydrogen-bond donors (Lipinski definition) is 0. The lowest BCUT2D eigenvalue weighted by molar-refractivity contribution is 0.171. The Kier molecular flexibility index (Phi) is 3.23. The molecule has 0 N–H and O–H groups in total. The van der Waals surface area contributed by atoms with E-state index in [4.69, 9.17) is 9.47 Å². The number of para-hydroxylation sites is 1. The molecular weight excluding hydrogens is 314 g/mol. The smallest absolute Gasteiger partial charge is 0.264 e. The Bertz CT molecular complexity index is 876. The maximum atomic E-state index is 13.1. The number of hydrogen-bond acceptors (Lipinski definition) is 4. The fraction of sp³-hybridized carbons (Fsp3) is 0.294. The highest BCUT2D eigenvalue weighted by molar-refractivity contribution is 7.93. The fourth-order valence-corrected chi connectivity index (χ4v) is 4.85. The Morgan fingerprint density at radius 2 is 1.74 bits per heavy atom. The van der Waals surface area contributed by atoms with Crippen LogP contribution in [0, 0.1) is 6.92 Å². The van der Waals surface area contributed by atoms with Gasteiger partial charge in [0.2, 0.25) is 0 Å². The van der Waals surface area contributed by atoms with E-state index in [0.717, 1.165) is 17.7 Å². The highest BCUT2D eigenvalue weighted by Crippen LogP contribution is 2.38. The minimum absolute atomic E-state index is 0.276. The van der Waals surface area contributed by atoms with E-state index in [9.17, 15) is 8.42 Å². The van der Waals surface area contributed by atoms with E-state index in [1.54, 1.807) is 19.1 Å². The SMILES string of the molecule is Cc1cc2c(cc1S(=O)(=O)N1CCc3ccccc31)OCCO2. The molecule has 23 heavy (non-hydrogen) atoms. The van der Waals surface area contributed by atoms with E-state index in [2.05, 4.69) is 0 Å². The molecule has 4 rings (SSSR count). The van der Waals surface area contributed by atoms with Gasteiger partial charge in [0.15, 0.2) is 11.5 Å². The summed E-state index contributed by atoms with van der Waals surface area (Å²) in [6, 6.07) is 11.0. The van der Waals surface area contributed by atoms with Gasteiger partial charge in [-0.3, -0.25) is 4.31 Å². The van der Waals surface area contributed by atoms with Crippen LogP contribution in [0.3, 0.4) is 0 Å². The van der Waals surface area contributed by atoms with Crippen LogP contribution >= 0.6 is 0 Å². The van der Waals surface area contributed by atoms with Crippen molar-refractivity contribution in [3.05, 3.63) is 47.5 Å². The van der Waals surface area contributed by atoms with Crippen molar-refractivity contribution in [2.24, 2.45) is 0 Å². The van der Waals surface area contributed by atoms with Crippen LogP contribution in [0.5, 0.6) is 11.5 Å². The van der Waals surface area contributed by atoms with Crippen LogP contribution in [0.2, 0.25) is 0 Å². The molecule has 0 radical (unpaired) electrons. The molecule has 0 saturated heterocycles. The van der Waals surface area contributed by atoms with E-state index in [0.29, 0.717) is 36.8 Å². The van der Waals surface area contributed by atoms with Gasteiger partial charge in [-0.2, -0.15) is 0 Å². The van der Waals surface area contributed by atoms with Gasteiger partial charge in [0.05, 0.1) is 10.6 Å². The van der Waals surface area contributed by atoms with Crippen LogP contribution in [-0.4, -0.2) is 28.2 Å². The molecule has 0 spiro atoms. The van der Waals surface area contributed by atoms with Crippen molar-refractivity contribution in [1.82, 2.24) is 0 Å². The predicted molar refractivity (Wildman–Crippen MR) is 86.8 cm³/mol. The van der Waals surface area contributed by atoms with Gasteiger partial charge in [-0.1, -0.05) is 18.2 Å². The number of nitrogens with zero attached hydrogens (tertiary/aromatic N) is 1. The van der Waals surface area contributed by atoms with Crippen molar-refractivity contribution in [2.75, 3.05) is 24.1 Å². The minimum atomic E-state index is -3.62. The van der Waals surface area contributed by atoms with Crippen molar-refractivity contribution in [3.8, 4) is 11.5 Å². The lowest BCUT2D eigenvalue weighted by atomic mass is 10.2. The number of benzene rings is 2. The molecule has 0 atom stereocenters. The lowest BCUT2D eigenvalue weighted by Gasteiger charge is -2.24. The van der Waals surface area contributed by atoms with Gasteiger partial charge in [-0.15, -0.1) is 0 Å². The second-order valence-electron chi connectivity index (χ2n) is 5.72. The molecule has 0 amide bonds. The summed E-state index contributed by atoms with van der Waals surface area (Å²) in [5, 5.41) is 0. The summed E-state index contributed by atoms with van der Waals surface area (Å²) in [6.45, 7) is 3.17. The molecule has 2 aliphatic rings. The Morgan fingerprint density at radius 1 is 1.04 bits per heavy atom. The lowest BCUT2D eigenvalue weighted by Crippen LogP contribution is -2.30. The molecule has 0 fully saturated rings. The quantitative estimate of drug-likeness (QED) is 0.848. The molecule has 120 valence electrons. The van der Waals surface area contributed by atoms with Crippen LogP contribution in [0.1, 0.15) is 11.1 Å². The summed E-state index contributed by atoms with van der Waals surface area (Å²) in [4.78, 5) is 0.276. The molecule has 5 nitrogen and oxygen atoms in total. The van der Waals surface area contributed by atoms with Gasteiger partial charge in [-0.25, -0.2) is 8.42 Å². The predicted octanol–water partition coefficient (Wildman–Crippen LogP) is 2.52. The Morgan fingerprint density at radius 3 is 2.52 bits per heavy atom. The first-order valence-corrected chi connectivity index (χ1v) is 9.02. The molecule has 2 aliphatic heterocycles. The topological polar surface area (TPSA) is 55.8 Å². The minimum Gasteiger partial charge on any atom is -0.486 e. The van der Waals surface area contributed by atoms with Crippen molar-refractivity contribution in [2.45, 2.75) is 18.2 Å². The molecule has 6 heteroatoms. The monoisotopic (exact) mass is 331 g/mol. The average molecular weight is 331 g/mol. The number of ether oxygens (including phenoxy) is 2. The first kappa shape index (κ1) is 14.4. The summed E-state index contributed by atoms with van der Waals surface area (Å²) < 4.78 is 38.8. The molecule has 2 aromatic carbocycles. The van der Waals surface area contributed by atoms with E-state index < -0.39 is 10.0 Å². The van der Waals surface area contributed by atoms with Gasteiger partial charge in [0.25, 0.3) is 10.0 Å². The van der Waals surface area contributed by atoms with Crippen molar-refractivity contribution in [1.29, 1.82) is 0 Å². The molecule has 2 aromatic rings. The van der Waals surface area contributed by atoms with Gasteiger partial charge in [0, 0.05) is 12.6 Å². The summed E-state index contributed by atoms with van der Waals surface area (Å²) >= 11 is 0. The van der Waals surface area contributed by atoms with Crippen molar-refractivity contribution < 1.29 is 17.9 Å². The van der Waals surface area contributed by atoms with Crippen LogP contribution in [0.15, 0.2) is 41.3 Å². The summed E-state index contributed by atoms with van der Waals surface area (Å²) in [5.41, 5.74) is 2.49. The number of anilines is 1. The summed E-state index contributed by atoms with van der Waals surface area (Å²) in [5.74, 6) is 1.10. The first-order chi connectivity index (χ1) is 11.1. The number of rotatable bonds is 2. The molecular formula is C17H17NO4S. The maximum absolute atomic E-state index is 13.1. The zero-order valence-electron chi connectivity index (χ0n) is 12.8. The van der Waals surface area contributed by atoms with Gasteiger partial charge in [0.1, 0.15) is 13.2 Å². The molecule has 0 aromatic heterocycles. The Labute approximate surface area is 135 Å². The third kappa shape index (κ3) is 2.25. The maximum Gasteiger partial charge on any atom is 0.264 e. The second kappa shape index (κ2) is 5.16. The Balaban J connectivity index is 1.81. The van der Waals surface area contributed by atoms with Crippen LogP contribution < -0.4 is 13.8 Å². The van der Waals surface area contributed by atoms with Gasteiger partial charge in [-0.05, 0) is 36.6 Å². The second-order valence-corrected chi connectivity index (χ2v) is 7.55. The largest absolute Gasteiger partial charge is 0.486 e. The van der Waals surface area contributed by atoms with Gasteiger partial charge >= 0.3 is 0 Å². The van der Waals surface area contributed by atoms with Crippen molar-refractivity contribution in [3.63, 3.8) is 0 Å². The van der Waals surface area contributed by atoms with E-state index in [1.165, 1.54) is 4.31 Å². The number of fused-ring (bicyclic) bond motifs is 2. The van der Waals surface area contributed by atoms with Crippen LogP contribution in [-0.2, 0) is 16.4 Å². The van der Waals surface area contributed by atoms with Crippen LogP contribution in [0.4, 0.5) is 5.69 Å². The Hall–Kier alpha value is -2.21. The van der Waals surface area contributed by atoms with Crippen molar-refractivity contribution >= 4 is 15.7 Å². The van der Waals surface area contributed by atoms with E-state index in [-0.39, 0.29) is 4.90 Å². The molecule has 0 unspecified atom stereocenters. The molecule has 0 saturated carbocycles. The van der Waals surface area contributed by atoms with Crippen LogP contribution in [0.25, 0.3) is 0 Å². The number of aryl methyl sites for hydroxylation is 1. The average Bonchev–Trinajstić information content (AvgIpc) is 2.99. The third-order valence-corrected chi connectivity index (χ3v) is 6.21. The third-order valence-electron chi connectivity index (χ3n) is 4.25. The molecule has 0 bridgehead atoms. The summed E-state index contributed by atoms with van der Waals surface area (Å²) in [6.07, 6.45) is 0.735. The highest BCUT2D eigenvalue weighted by Gasteiger charge is 2.32. The first-order valence-electron chi connectivity index (χ1n) is 7.58. The zero-order chi connectivity index (χ0) is 16.0. The summed E-state index contributed by atoms with van der Waals surface area (Å²) in [7, 11) is -3.62. The molecule has 2 heterocycles. The van der Waals surface area contributed by atoms with E-state index in [1.807, 2.05) is 24.3 Å². The highest BCUT2D eigenvalue weighted by atomic mass is 32.2. The molecule has 0 aliphatic carbocycles. The normalized spacial score (nSPS) is 16.3. The van der Waals surface area contributed by atoms with Gasteiger partial charge < -0.3 is 9.47 Å². The number of sulfonamides is 1. The zero-order valence-corrected chi connectivity index (χ0v) is 13.6.